The van der Waals surface area contributed by atoms with E-state index in [1.54, 1.807) is 0 Å². The van der Waals surface area contributed by atoms with E-state index in [-0.39, 0.29) is 0 Å². The van der Waals surface area contributed by atoms with Crippen molar-refractivity contribution in [3.63, 3.8) is 0 Å². The van der Waals surface area contributed by atoms with Gasteiger partial charge in [-0.25, -0.2) is 0 Å². The second-order valence-electron chi connectivity index (χ2n) is 3.57. The summed E-state index contributed by atoms with van der Waals surface area (Å²) < 4.78 is 5.84. The Hall–Kier alpha value is 0.310. The molecule has 0 saturated carbocycles. The van der Waals surface area contributed by atoms with Crippen molar-refractivity contribution in [1.82, 2.24) is 0 Å². The molecule has 0 amide bonds. The first-order valence-corrected chi connectivity index (χ1v) is 5.77. The first-order chi connectivity index (χ1) is 5.24. The van der Waals surface area contributed by atoms with Crippen LogP contribution in [0.15, 0.2) is 0 Å². The molecule has 0 aromatic heterocycles. The lowest BCUT2D eigenvalue weighted by Gasteiger charge is -2.15. The lowest BCUT2D eigenvalue weighted by Crippen LogP contribution is -2.17. The third-order valence-electron chi connectivity index (χ3n) is 2.24. The van der Waals surface area contributed by atoms with Gasteiger partial charge in [-0.15, -0.1) is 0 Å². The Morgan fingerprint density at radius 1 is 1.45 bits per heavy atom. The fourth-order valence-electron chi connectivity index (χ4n) is 1.53. The molecule has 0 unspecified atom stereocenters. The van der Waals surface area contributed by atoms with Gasteiger partial charge in [0, 0.05) is 5.75 Å². The van der Waals surface area contributed by atoms with Gasteiger partial charge in [0.25, 0.3) is 0 Å². The molecule has 2 heteroatoms. The van der Waals surface area contributed by atoms with Crippen molar-refractivity contribution < 1.29 is 4.74 Å². The SMILES string of the molecule is CSC[C@H]1CC[C@@H](C(C)C)O1. The van der Waals surface area contributed by atoms with E-state index in [2.05, 4.69) is 20.1 Å². The third-order valence-corrected chi connectivity index (χ3v) is 2.94. The van der Waals surface area contributed by atoms with E-state index in [0.717, 1.165) is 0 Å². The Kier molecular flexibility index (Phi) is 3.73. The Bertz CT molecular complexity index is 114. The first kappa shape index (κ1) is 9.40. The molecule has 1 aliphatic rings. The maximum absolute atomic E-state index is 5.84. The highest BCUT2D eigenvalue weighted by atomic mass is 32.2. The molecule has 0 aromatic rings. The van der Waals surface area contributed by atoms with Gasteiger partial charge in [0.15, 0.2) is 0 Å². The van der Waals surface area contributed by atoms with E-state index < -0.39 is 0 Å². The highest BCUT2D eigenvalue weighted by molar-refractivity contribution is 7.98. The number of thioether (sulfide) groups is 1. The van der Waals surface area contributed by atoms with Gasteiger partial charge in [-0.3, -0.25) is 0 Å². The fourth-order valence-corrected chi connectivity index (χ4v) is 2.15. The van der Waals surface area contributed by atoms with Crippen LogP contribution in [-0.4, -0.2) is 24.2 Å². The molecule has 11 heavy (non-hydrogen) atoms. The molecule has 1 aliphatic heterocycles. The summed E-state index contributed by atoms with van der Waals surface area (Å²) in [6.07, 6.45) is 5.75. The van der Waals surface area contributed by atoms with E-state index in [1.165, 1.54) is 18.6 Å². The van der Waals surface area contributed by atoms with Crippen molar-refractivity contribution in [2.45, 2.75) is 38.9 Å². The average Bonchev–Trinajstić information content (AvgIpc) is 2.37. The van der Waals surface area contributed by atoms with E-state index in [4.69, 9.17) is 4.74 Å². The summed E-state index contributed by atoms with van der Waals surface area (Å²) in [5, 5.41) is 0. The van der Waals surface area contributed by atoms with Crippen molar-refractivity contribution in [3.8, 4) is 0 Å². The van der Waals surface area contributed by atoms with Gasteiger partial charge < -0.3 is 4.74 Å². The molecule has 0 aromatic carbocycles. The van der Waals surface area contributed by atoms with Gasteiger partial charge in [0.05, 0.1) is 12.2 Å². The zero-order valence-corrected chi connectivity index (χ0v) is 8.49. The predicted molar refractivity (Wildman–Crippen MR) is 51.1 cm³/mol. The maximum atomic E-state index is 5.84. The molecule has 0 radical (unpaired) electrons. The second kappa shape index (κ2) is 4.36. The Morgan fingerprint density at radius 3 is 2.64 bits per heavy atom. The first-order valence-electron chi connectivity index (χ1n) is 4.38. The smallest absolute Gasteiger partial charge is 0.0670 e. The predicted octanol–water partition coefficient (Wildman–Crippen LogP) is 2.55. The number of ether oxygens (including phenoxy) is 1. The van der Waals surface area contributed by atoms with Crippen molar-refractivity contribution in [2.75, 3.05) is 12.0 Å². The molecular formula is C9H18OS. The maximum Gasteiger partial charge on any atom is 0.0670 e. The molecule has 0 bridgehead atoms. The summed E-state index contributed by atoms with van der Waals surface area (Å²) in [6, 6.07) is 0. The molecule has 1 rings (SSSR count). The number of hydrogen-bond acceptors (Lipinski definition) is 2. The normalized spacial score (nSPS) is 31.6. The second-order valence-corrected chi connectivity index (χ2v) is 4.48. The molecule has 1 heterocycles. The molecule has 0 spiro atoms. The highest BCUT2D eigenvalue weighted by Gasteiger charge is 2.26. The van der Waals surface area contributed by atoms with Gasteiger partial charge in [-0.05, 0) is 25.0 Å². The van der Waals surface area contributed by atoms with Crippen LogP contribution < -0.4 is 0 Å². The van der Waals surface area contributed by atoms with E-state index in [0.29, 0.717) is 18.1 Å². The lowest BCUT2D eigenvalue weighted by molar-refractivity contribution is 0.0311. The van der Waals surface area contributed by atoms with E-state index in [1.807, 2.05) is 11.8 Å². The summed E-state index contributed by atoms with van der Waals surface area (Å²) in [5.74, 6) is 1.87. The third kappa shape index (κ3) is 2.68. The molecule has 0 N–H and O–H groups in total. The van der Waals surface area contributed by atoms with Crippen LogP contribution in [0.1, 0.15) is 26.7 Å². The summed E-state index contributed by atoms with van der Waals surface area (Å²) in [4.78, 5) is 0. The minimum atomic E-state index is 0.534. The number of hydrogen-bond donors (Lipinski definition) is 0. The van der Waals surface area contributed by atoms with Crippen LogP contribution in [0.4, 0.5) is 0 Å². The minimum absolute atomic E-state index is 0.534. The highest BCUT2D eigenvalue weighted by Crippen LogP contribution is 2.26. The molecule has 66 valence electrons. The molecule has 1 saturated heterocycles. The van der Waals surface area contributed by atoms with Crippen LogP contribution in [0.25, 0.3) is 0 Å². The van der Waals surface area contributed by atoms with Crippen LogP contribution >= 0.6 is 11.8 Å². The quantitative estimate of drug-likeness (QED) is 0.650. The topological polar surface area (TPSA) is 9.23 Å². The van der Waals surface area contributed by atoms with Gasteiger partial charge in [0.2, 0.25) is 0 Å². The van der Waals surface area contributed by atoms with Crippen molar-refractivity contribution >= 4 is 11.8 Å². The summed E-state index contributed by atoms with van der Waals surface area (Å²) in [5.41, 5.74) is 0. The molecule has 2 atom stereocenters. The summed E-state index contributed by atoms with van der Waals surface area (Å²) >= 11 is 1.89. The van der Waals surface area contributed by atoms with Crippen molar-refractivity contribution in [3.05, 3.63) is 0 Å². The average molecular weight is 174 g/mol. The molecule has 1 fully saturated rings. The van der Waals surface area contributed by atoms with Gasteiger partial charge >= 0.3 is 0 Å². The molecular weight excluding hydrogens is 156 g/mol. The molecule has 0 aliphatic carbocycles. The van der Waals surface area contributed by atoms with Gasteiger partial charge in [-0.2, -0.15) is 11.8 Å². The van der Waals surface area contributed by atoms with Crippen LogP contribution in [0.5, 0.6) is 0 Å². The summed E-state index contributed by atoms with van der Waals surface area (Å²) in [6.45, 7) is 4.48. The minimum Gasteiger partial charge on any atom is -0.374 e. The van der Waals surface area contributed by atoms with E-state index in [9.17, 15) is 0 Å². The number of rotatable bonds is 3. The monoisotopic (exact) mass is 174 g/mol. The standard InChI is InChI=1S/C9H18OS/c1-7(2)9-5-4-8(10-9)6-11-3/h7-9H,4-6H2,1-3H3/t8-,9+/m1/s1. The van der Waals surface area contributed by atoms with Gasteiger partial charge in [0.1, 0.15) is 0 Å². The van der Waals surface area contributed by atoms with Crippen molar-refractivity contribution in [2.24, 2.45) is 5.92 Å². The van der Waals surface area contributed by atoms with E-state index >= 15 is 0 Å². The molecule has 1 nitrogen and oxygen atoms in total. The Labute approximate surface area is 73.9 Å². The van der Waals surface area contributed by atoms with Crippen LogP contribution in [-0.2, 0) is 4.74 Å². The fraction of sp³-hybridized carbons (Fsp3) is 1.00. The Morgan fingerprint density at radius 2 is 2.18 bits per heavy atom. The Balaban J connectivity index is 2.23. The van der Waals surface area contributed by atoms with Crippen molar-refractivity contribution in [1.29, 1.82) is 0 Å². The van der Waals surface area contributed by atoms with Crippen LogP contribution in [0.3, 0.4) is 0 Å². The summed E-state index contributed by atoms with van der Waals surface area (Å²) in [7, 11) is 0. The zero-order chi connectivity index (χ0) is 8.27. The van der Waals surface area contributed by atoms with Crippen LogP contribution in [0, 0.1) is 5.92 Å². The largest absolute Gasteiger partial charge is 0.374 e. The van der Waals surface area contributed by atoms with Crippen LogP contribution in [0.2, 0.25) is 0 Å². The lowest BCUT2D eigenvalue weighted by atomic mass is 10.0. The van der Waals surface area contributed by atoms with Gasteiger partial charge in [-0.1, -0.05) is 13.8 Å². The zero-order valence-electron chi connectivity index (χ0n) is 7.67.